The highest BCUT2D eigenvalue weighted by Gasteiger charge is 2.34. The van der Waals surface area contributed by atoms with Crippen LogP contribution in [0.1, 0.15) is 46.2 Å². The zero-order valence-corrected chi connectivity index (χ0v) is 14.3. The van der Waals surface area contributed by atoms with Crippen LogP contribution in [-0.2, 0) is 22.4 Å². The average Bonchev–Trinajstić information content (AvgIpc) is 3.21. The van der Waals surface area contributed by atoms with E-state index in [4.69, 9.17) is 18.7 Å². The number of rotatable bonds is 5. The van der Waals surface area contributed by atoms with Crippen molar-refractivity contribution in [3.8, 4) is 0 Å². The fourth-order valence-corrected chi connectivity index (χ4v) is 3.04. The molecule has 1 aliphatic heterocycles. The maximum atomic E-state index is 13.1. The molecule has 0 aromatic carbocycles. The molecule has 1 N–H and O–H groups in total. The van der Waals surface area contributed by atoms with Crippen LogP contribution in [0, 0.1) is 6.92 Å². The van der Waals surface area contributed by atoms with E-state index in [1.807, 2.05) is 19.1 Å². The number of amides is 1. The minimum Gasteiger partial charge on any atom is -0.481 e. The Labute approximate surface area is 145 Å². The van der Waals surface area contributed by atoms with Crippen molar-refractivity contribution in [1.29, 1.82) is 0 Å². The fourth-order valence-electron chi connectivity index (χ4n) is 3.04. The monoisotopic (exact) mass is 347 g/mol. The van der Waals surface area contributed by atoms with E-state index < -0.39 is 5.97 Å². The summed E-state index contributed by atoms with van der Waals surface area (Å²) in [6, 6.07) is 3.42. The predicted octanol–water partition coefficient (Wildman–Crippen LogP) is 2.58. The van der Waals surface area contributed by atoms with Gasteiger partial charge in [-0.05, 0) is 19.1 Å². The second-order valence-corrected chi connectivity index (χ2v) is 6.03. The number of ether oxygens (including phenoxy) is 1. The van der Waals surface area contributed by atoms with E-state index in [2.05, 4.69) is 0 Å². The molecule has 0 bridgehead atoms. The molecule has 3 heterocycles. The van der Waals surface area contributed by atoms with Gasteiger partial charge in [-0.2, -0.15) is 0 Å². The standard InChI is InChI=1S/C18H21NO6/c1-3-12-4-5-14(25-12)13-10-23-7-6-19(13)18(22)17-11(2)9-24-15(17)8-16(20)21/h4-5,9,13H,3,6-8,10H2,1-2H3,(H,20,21). The maximum absolute atomic E-state index is 13.1. The average molecular weight is 347 g/mol. The van der Waals surface area contributed by atoms with Crippen molar-refractivity contribution in [3.63, 3.8) is 0 Å². The number of aliphatic carboxylic acids is 1. The molecule has 1 aliphatic rings. The Hall–Kier alpha value is -2.54. The van der Waals surface area contributed by atoms with Gasteiger partial charge in [-0.25, -0.2) is 0 Å². The molecule has 1 atom stereocenters. The number of hydrogen-bond acceptors (Lipinski definition) is 5. The molecule has 134 valence electrons. The second kappa shape index (κ2) is 7.14. The molecular formula is C18H21NO6. The van der Waals surface area contributed by atoms with E-state index in [9.17, 15) is 9.59 Å². The molecule has 1 fully saturated rings. The van der Waals surface area contributed by atoms with Gasteiger partial charge in [-0.1, -0.05) is 6.92 Å². The van der Waals surface area contributed by atoms with E-state index in [0.29, 0.717) is 36.6 Å². The number of morpholine rings is 1. The van der Waals surface area contributed by atoms with Gasteiger partial charge < -0.3 is 23.6 Å². The molecular weight excluding hydrogens is 326 g/mol. The summed E-state index contributed by atoms with van der Waals surface area (Å²) in [5.41, 5.74) is 0.941. The summed E-state index contributed by atoms with van der Waals surface area (Å²) in [5, 5.41) is 9.03. The Kier molecular flexibility index (Phi) is 4.94. The molecule has 1 unspecified atom stereocenters. The van der Waals surface area contributed by atoms with Gasteiger partial charge in [0.15, 0.2) is 0 Å². The molecule has 2 aromatic rings. The highest BCUT2D eigenvalue weighted by atomic mass is 16.5. The van der Waals surface area contributed by atoms with Crippen molar-refractivity contribution in [3.05, 3.63) is 46.8 Å². The lowest BCUT2D eigenvalue weighted by atomic mass is 10.1. The van der Waals surface area contributed by atoms with E-state index in [1.54, 1.807) is 11.8 Å². The minimum atomic E-state index is -1.04. The van der Waals surface area contributed by atoms with Gasteiger partial charge >= 0.3 is 5.97 Å². The van der Waals surface area contributed by atoms with Crippen LogP contribution in [0.5, 0.6) is 0 Å². The summed E-state index contributed by atoms with van der Waals surface area (Å²) in [6.45, 7) is 4.90. The van der Waals surface area contributed by atoms with Crippen LogP contribution in [0.15, 0.2) is 27.2 Å². The van der Waals surface area contributed by atoms with Crippen LogP contribution < -0.4 is 0 Å². The number of carboxylic acids is 1. The molecule has 3 rings (SSSR count). The summed E-state index contributed by atoms with van der Waals surface area (Å²) in [4.78, 5) is 25.8. The molecule has 0 spiro atoms. The van der Waals surface area contributed by atoms with Crippen LogP contribution in [0.25, 0.3) is 0 Å². The predicted molar refractivity (Wildman–Crippen MR) is 87.5 cm³/mol. The summed E-state index contributed by atoms with van der Waals surface area (Å²) >= 11 is 0. The van der Waals surface area contributed by atoms with Gasteiger partial charge in [0.2, 0.25) is 0 Å². The highest BCUT2D eigenvalue weighted by Crippen LogP contribution is 2.30. The Bertz CT molecular complexity index is 774. The Morgan fingerprint density at radius 2 is 2.16 bits per heavy atom. The molecule has 7 nitrogen and oxygen atoms in total. The number of furan rings is 2. The largest absolute Gasteiger partial charge is 0.481 e. The lowest BCUT2D eigenvalue weighted by molar-refractivity contribution is -0.136. The number of hydrogen-bond donors (Lipinski definition) is 1. The Morgan fingerprint density at radius 3 is 2.84 bits per heavy atom. The molecule has 2 aromatic heterocycles. The second-order valence-electron chi connectivity index (χ2n) is 6.03. The molecule has 0 radical (unpaired) electrons. The molecule has 0 saturated carbocycles. The summed E-state index contributed by atoms with van der Waals surface area (Å²) in [5.74, 6) is 0.393. The van der Waals surface area contributed by atoms with E-state index in [-0.39, 0.29) is 24.1 Å². The highest BCUT2D eigenvalue weighted by molar-refractivity contribution is 5.97. The van der Waals surface area contributed by atoms with Gasteiger partial charge in [0, 0.05) is 18.5 Å². The molecule has 1 amide bonds. The van der Waals surface area contributed by atoms with E-state index in [1.165, 1.54) is 6.26 Å². The molecule has 0 aliphatic carbocycles. The SMILES string of the molecule is CCc1ccc(C2COCCN2C(=O)c2c(C)coc2CC(=O)O)o1. The minimum absolute atomic E-state index is 0.175. The Morgan fingerprint density at radius 1 is 1.36 bits per heavy atom. The molecule has 7 heteroatoms. The van der Waals surface area contributed by atoms with E-state index >= 15 is 0 Å². The quantitative estimate of drug-likeness (QED) is 0.893. The van der Waals surface area contributed by atoms with Crippen LogP contribution in [0.4, 0.5) is 0 Å². The topological polar surface area (TPSA) is 93.1 Å². The third kappa shape index (κ3) is 3.46. The summed E-state index contributed by atoms with van der Waals surface area (Å²) in [6.07, 6.45) is 1.86. The van der Waals surface area contributed by atoms with Crippen LogP contribution >= 0.6 is 0 Å². The number of carbonyl (C=O) groups excluding carboxylic acids is 1. The van der Waals surface area contributed by atoms with Crippen molar-refractivity contribution in [1.82, 2.24) is 4.90 Å². The number of aryl methyl sites for hydroxylation is 2. The van der Waals surface area contributed by atoms with Crippen molar-refractivity contribution in [2.24, 2.45) is 0 Å². The number of nitrogens with zero attached hydrogens (tertiary/aromatic N) is 1. The molecule has 25 heavy (non-hydrogen) atoms. The van der Waals surface area contributed by atoms with Crippen LogP contribution in [-0.4, -0.2) is 41.6 Å². The van der Waals surface area contributed by atoms with Crippen molar-refractivity contribution in [2.45, 2.75) is 32.7 Å². The first kappa shape index (κ1) is 17.3. The zero-order valence-electron chi connectivity index (χ0n) is 14.3. The lowest BCUT2D eigenvalue weighted by Crippen LogP contribution is -2.43. The fraction of sp³-hybridized carbons (Fsp3) is 0.444. The first-order valence-electron chi connectivity index (χ1n) is 8.27. The van der Waals surface area contributed by atoms with Crippen LogP contribution in [0.2, 0.25) is 0 Å². The van der Waals surface area contributed by atoms with Gasteiger partial charge in [0.05, 0.1) is 25.0 Å². The van der Waals surface area contributed by atoms with Crippen molar-refractivity contribution < 1.29 is 28.3 Å². The van der Waals surface area contributed by atoms with Crippen LogP contribution in [0.3, 0.4) is 0 Å². The smallest absolute Gasteiger partial charge is 0.311 e. The first-order valence-corrected chi connectivity index (χ1v) is 8.27. The first-order chi connectivity index (χ1) is 12.0. The Balaban J connectivity index is 1.91. The van der Waals surface area contributed by atoms with Gasteiger partial charge in [0.25, 0.3) is 5.91 Å². The molecule has 1 saturated heterocycles. The third-order valence-corrected chi connectivity index (χ3v) is 4.33. The number of carbonyl (C=O) groups is 2. The lowest BCUT2D eigenvalue weighted by Gasteiger charge is -2.34. The normalized spacial score (nSPS) is 17.7. The van der Waals surface area contributed by atoms with Gasteiger partial charge in [-0.3, -0.25) is 9.59 Å². The van der Waals surface area contributed by atoms with Gasteiger partial charge in [0.1, 0.15) is 29.7 Å². The summed E-state index contributed by atoms with van der Waals surface area (Å²) in [7, 11) is 0. The maximum Gasteiger partial charge on any atom is 0.311 e. The van der Waals surface area contributed by atoms with Gasteiger partial charge in [-0.15, -0.1) is 0 Å². The third-order valence-electron chi connectivity index (χ3n) is 4.33. The van der Waals surface area contributed by atoms with E-state index in [0.717, 1.165) is 12.2 Å². The van der Waals surface area contributed by atoms with Crippen molar-refractivity contribution in [2.75, 3.05) is 19.8 Å². The summed E-state index contributed by atoms with van der Waals surface area (Å²) < 4.78 is 16.6. The zero-order chi connectivity index (χ0) is 18.0. The van der Waals surface area contributed by atoms with Crippen molar-refractivity contribution >= 4 is 11.9 Å². The number of carboxylic acid groups (broad SMARTS) is 1.